The van der Waals surface area contributed by atoms with Crippen LogP contribution in [0.15, 0.2) is 24.3 Å². The second-order valence-corrected chi connectivity index (χ2v) is 8.97. The van der Waals surface area contributed by atoms with E-state index in [1.54, 1.807) is 59.7 Å². The SMILES string of the molecule is CC(C)(C)OC(=O)[C@H]1C[C@@H](c2ccccc2F)CCN1C(=O)OC(C)(C)C. The second kappa shape index (κ2) is 7.87. The fourth-order valence-corrected chi connectivity index (χ4v) is 3.19. The molecule has 1 aromatic carbocycles. The lowest BCUT2D eigenvalue weighted by Gasteiger charge is -2.39. The van der Waals surface area contributed by atoms with Crippen molar-refractivity contribution in [2.45, 2.75) is 77.5 Å². The first-order valence-electron chi connectivity index (χ1n) is 9.34. The minimum absolute atomic E-state index is 0.164. The van der Waals surface area contributed by atoms with Crippen LogP contribution in [0.4, 0.5) is 9.18 Å². The van der Waals surface area contributed by atoms with Gasteiger partial charge in [0.1, 0.15) is 23.1 Å². The number of hydrogen-bond donors (Lipinski definition) is 0. The van der Waals surface area contributed by atoms with Gasteiger partial charge in [0, 0.05) is 6.54 Å². The first-order chi connectivity index (χ1) is 12.4. The molecular weight excluding hydrogens is 349 g/mol. The van der Waals surface area contributed by atoms with E-state index in [9.17, 15) is 14.0 Å². The Bertz CT molecular complexity index is 690. The molecule has 1 aliphatic rings. The van der Waals surface area contributed by atoms with Crippen molar-refractivity contribution < 1.29 is 23.5 Å². The first-order valence-corrected chi connectivity index (χ1v) is 9.34. The number of benzene rings is 1. The van der Waals surface area contributed by atoms with Crippen LogP contribution >= 0.6 is 0 Å². The van der Waals surface area contributed by atoms with E-state index in [-0.39, 0.29) is 11.7 Å². The van der Waals surface area contributed by atoms with E-state index in [1.165, 1.54) is 11.0 Å². The number of hydrogen-bond acceptors (Lipinski definition) is 4. The van der Waals surface area contributed by atoms with E-state index in [2.05, 4.69) is 0 Å². The molecule has 1 fully saturated rings. The van der Waals surface area contributed by atoms with E-state index in [0.29, 0.717) is 24.9 Å². The highest BCUT2D eigenvalue weighted by atomic mass is 19.1. The Morgan fingerprint density at radius 1 is 1.04 bits per heavy atom. The molecule has 0 spiro atoms. The normalized spacial score (nSPS) is 20.9. The molecule has 27 heavy (non-hydrogen) atoms. The maximum Gasteiger partial charge on any atom is 0.411 e. The first kappa shape index (κ1) is 21.2. The topological polar surface area (TPSA) is 55.8 Å². The summed E-state index contributed by atoms with van der Waals surface area (Å²) in [6.45, 7) is 11.0. The van der Waals surface area contributed by atoms with Gasteiger partial charge < -0.3 is 9.47 Å². The van der Waals surface area contributed by atoms with Gasteiger partial charge in [-0.05, 0) is 71.9 Å². The average Bonchev–Trinajstić information content (AvgIpc) is 2.51. The zero-order valence-electron chi connectivity index (χ0n) is 17.0. The van der Waals surface area contributed by atoms with E-state index >= 15 is 0 Å². The Balaban J connectivity index is 2.26. The molecule has 0 bridgehead atoms. The van der Waals surface area contributed by atoms with Crippen molar-refractivity contribution >= 4 is 12.1 Å². The fourth-order valence-electron chi connectivity index (χ4n) is 3.19. The number of carbonyl (C=O) groups excluding carboxylic acids is 2. The van der Waals surface area contributed by atoms with Gasteiger partial charge in [0.25, 0.3) is 0 Å². The summed E-state index contributed by atoms with van der Waals surface area (Å²) in [7, 11) is 0. The van der Waals surface area contributed by atoms with Gasteiger partial charge in [0.05, 0.1) is 0 Å². The third-order valence-corrected chi connectivity index (χ3v) is 4.25. The zero-order chi connectivity index (χ0) is 20.4. The summed E-state index contributed by atoms with van der Waals surface area (Å²) in [6, 6.07) is 5.76. The summed E-state index contributed by atoms with van der Waals surface area (Å²) in [6.07, 6.45) is 0.305. The third-order valence-electron chi connectivity index (χ3n) is 4.25. The second-order valence-electron chi connectivity index (χ2n) is 8.97. The van der Waals surface area contributed by atoms with Crippen LogP contribution in [-0.4, -0.2) is 40.8 Å². The maximum atomic E-state index is 14.2. The van der Waals surface area contributed by atoms with Gasteiger partial charge in [-0.15, -0.1) is 0 Å². The predicted molar refractivity (Wildman–Crippen MR) is 101 cm³/mol. The van der Waals surface area contributed by atoms with Gasteiger partial charge in [-0.25, -0.2) is 14.0 Å². The summed E-state index contributed by atoms with van der Waals surface area (Å²) in [4.78, 5) is 26.8. The van der Waals surface area contributed by atoms with Crippen LogP contribution < -0.4 is 0 Å². The predicted octanol–water partition coefficient (Wildman–Crippen LogP) is 4.65. The molecule has 6 heteroatoms. The van der Waals surface area contributed by atoms with Gasteiger partial charge in [-0.3, -0.25) is 4.90 Å². The van der Waals surface area contributed by atoms with Crippen LogP contribution in [0.1, 0.15) is 65.9 Å². The van der Waals surface area contributed by atoms with Gasteiger partial charge in [0.15, 0.2) is 0 Å². The molecule has 0 N–H and O–H groups in total. The Hall–Kier alpha value is -2.11. The fraction of sp³-hybridized carbons (Fsp3) is 0.619. The molecule has 0 aliphatic carbocycles. The van der Waals surface area contributed by atoms with E-state index in [0.717, 1.165) is 0 Å². The monoisotopic (exact) mass is 379 g/mol. The lowest BCUT2D eigenvalue weighted by atomic mass is 9.85. The molecule has 1 heterocycles. The standard InChI is InChI=1S/C21H30FNO4/c1-20(2,3)26-18(24)17-13-14(15-9-7-8-10-16(15)22)11-12-23(17)19(25)27-21(4,5)6/h7-10,14,17H,11-13H2,1-6H3/t14-,17+/m0/s1. The maximum absolute atomic E-state index is 14.2. The molecule has 0 aromatic heterocycles. The quantitative estimate of drug-likeness (QED) is 0.702. The van der Waals surface area contributed by atoms with Gasteiger partial charge in [-0.1, -0.05) is 18.2 Å². The van der Waals surface area contributed by atoms with Gasteiger partial charge >= 0.3 is 12.1 Å². The summed E-state index contributed by atoms with van der Waals surface area (Å²) in [5, 5.41) is 0. The molecule has 2 rings (SSSR count). The van der Waals surface area contributed by atoms with Crippen molar-refractivity contribution in [3.8, 4) is 0 Å². The van der Waals surface area contributed by atoms with Crippen LogP contribution in [0.25, 0.3) is 0 Å². The summed E-state index contributed by atoms with van der Waals surface area (Å²) in [5.41, 5.74) is -0.783. The number of esters is 1. The number of nitrogens with zero attached hydrogens (tertiary/aromatic N) is 1. The number of rotatable bonds is 2. The Morgan fingerprint density at radius 3 is 2.19 bits per heavy atom. The molecule has 1 aliphatic heterocycles. The third kappa shape index (κ3) is 5.94. The number of ether oxygens (including phenoxy) is 2. The smallest absolute Gasteiger partial charge is 0.411 e. The van der Waals surface area contributed by atoms with Gasteiger partial charge in [-0.2, -0.15) is 0 Å². The van der Waals surface area contributed by atoms with Gasteiger partial charge in [0.2, 0.25) is 0 Å². The van der Waals surface area contributed by atoms with Crippen molar-refractivity contribution in [1.82, 2.24) is 4.90 Å². The highest BCUT2D eigenvalue weighted by Gasteiger charge is 2.41. The summed E-state index contributed by atoms with van der Waals surface area (Å²) < 4.78 is 25.2. The number of piperidine rings is 1. The zero-order valence-corrected chi connectivity index (χ0v) is 17.0. The number of carbonyl (C=O) groups is 2. The van der Waals surface area contributed by atoms with E-state index in [1.807, 2.05) is 0 Å². The number of amides is 1. The molecule has 0 radical (unpaired) electrons. The molecular formula is C21H30FNO4. The number of likely N-dealkylation sites (tertiary alicyclic amines) is 1. The minimum Gasteiger partial charge on any atom is -0.458 e. The molecule has 1 aromatic rings. The molecule has 5 nitrogen and oxygen atoms in total. The number of halogens is 1. The van der Waals surface area contributed by atoms with Crippen molar-refractivity contribution in [2.75, 3.05) is 6.54 Å². The van der Waals surface area contributed by atoms with Crippen molar-refractivity contribution in [2.24, 2.45) is 0 Å². The van der Waals surface area contributed by atoms with E-state index in [4.69, 9.17) is 9.47 Å². The lowest BCUT2D eigenvalue weighted by Crippen LogP contribution is -2.52. The molecule has 0 saturated carbocycles. The van der Waals surface area contributed by atoms with E-state index < -0.39 is 29.3 Å². The molecule has 1 saturated heterocycles. The minimum atomic E-state index is -0.808. The van der Waals surface area contributed by atoms with Crippen LogP contribution in [0, 0.1) is 5.82 Å². The average molecular weight is 379 g/mol. The summed E-state index contributed by atoms with van der Waals surface area (Å²) >= 11 is 0. The Morgan fingerprint density at radius 2 is 1.63 bits per heavy atom. The van der Waals surface area contributed by atoms with Crippen LogP contribution in [0.5, 0.6) is 0 Å². The highest BCUT2D eigenvalue weighted by Crippen LogP contribution is 2.34. The van der Waals surface area contributed by atoms with Crippen LogP contribution in [0.3, 0.4) is 0 Å². The van der Waals surface area contributed by atoms with Crippen LogP contribution in [0.2, 0.25) is 0 Å². The summed E-state index contributed by atoms with van der Waals surface area (Å²) in [5.74, 6) is -0.951. The molecule has 150 valence electrons. The molecule has 0 unspecified atom stereocenters. The lowest BCUT2D eigenvalue weighted by molar-refractivity contribution is -0.162. The largest absolute Gasteiger partial charge is 0.458 e. The Labute approximate surface area is 160 Å². The van der Waals surface area contributed by atoms with Crippen LogP contribution in [-0.2, 0) is 14.3 Å². The van der Waals surface area contributed by atoms with Crippen molar-refractivity contribution in [3.05, 3.63) is 35.6 Å². The van der Waals surface area contributed by atoms with Crippen molar-refractivity contribution in [1.29, 1.82) is 0 Å². The molecule has 1 amide bonds. The molecule has 2 atom stereocenters. The Kier molecular flexibility index (Phi) is 6.17. The highest BCUT2D eigenvalue weighted by molar-refractivity contribution is 5.82. The van der Waals surface area contributed by atoms with Crippen molar-refractivity contribution in [3.63, 3.8) is 0 Å².